The van der Waals surface area contributed by atoms with Crippen molar-refractivity contribution in [1.82, 2.24) is 5.32 Å². The van der Waals surface area contributed by atoms with Crippen LogP contribution in [0.2, 0.25) is 0 Å². The van der Waals surface area contributed by atoms with Gasteiger partial charge in [-0.05, 0) is 31.0 Å². The highest BCUT2D eigenvalue weighted by molar-refractivity contribution is 7.92. The zero-order chi connectivity index (χ0) is 12.5. The normalized spacial score (nSPS) is 21.4. The van der Waals surface area contributed by atoms with Crippen molar-refractivity contribution in [2.45, 2.75) is 24.1 Å². The van der Waals surface area contributed by atoms with E-state index in [-0.39, 0.29) is 6.61 Å². The summed E-state index contributed by atoms with van der Waals surface area (Å²) in [4.78, 5) is 0.403. The van der Waals surface area contributed by atoms with Gasteiger partial charge in [0.2, 0.25) is 0 Å². The standard InChI is InChI=1S/C12H17NO3S/c1-9-3-4-10(2)11(7-9)17(14,15)12-8-16-6-5-13-12/h3-4,7,12-13H,5-6,8H2,1-2H3. The Morgan fingerprint density at radius 1 is 1.35 bits per heavy atom. The molecule has 17 heavy (non-hydrogen) atoms. The van der Waals surface area contributed by atoms with E-state index in [0.717, 1.165) is 11.1 Å². The van der Waals surface area contributed by atoms with Crippen molar-refractivity contribution in [3.8, 4) is 0 Å². The number of rotatable bonds is 2. The number of aryl methyl sites for hydroxylation is 2. The molecule has 1 aromatic rings. The van der Waals surface area contributed by atoms with Crippen LogP contribution in [0.1, 0.15) is 11.1 Å². The fraction of sp³-hybridized carbons (Fsp3) is 0.500. The molecule has 1 fully saturated rings. The zero-order valence-corrected chi connectivity index (χ0v) is 10.9. The summed E-state index contributed by atoms with van der Waals surface area (Å²) in [7, 11) is -3.35. The largest absolute Gasteiger partial charge is 0.377 e. The molecule has 1 aliphatic rings. The van der Waals surface area contributed by atoms with Crippen molar-refractivity contribution < 1.29 is 13.2 Å². The van der Waals surface area contributed by atoms with Crippen molar-refractivity contribution in [3.63, 3.8) is 0 Å². The minimum absolute atomic E-state index is 0.218. The Labute approximate surface area is 102 Å². The van der Waals surface area contributed by atoms with E-state index in [2.05, 4.69) is 5.32 Å². The number of hydrogen-bond donors (Lipinski definition) is 1. The van der Waals surface area contributed by atoms with Gasteiger partial charge in [-0.15, -0.1) is 0 Å². The second-order valence-corrected chi connectivity index (χ2v) is 6.43. The lowest BCUT2D eigenvalue weighted by Crippen LogP contribution is -2.46. The summed E-state index contributed by atoms with van der Waals surface area (Å²) in [5.74, 6) is 0. The zero-order valence-electron chi connectivity index (χ0n) is 10.1. The van der Waals surface area contributed by atoms with E-state index in [0.29, 0.717) is 18.0 Å². The van der Waals surface area contributed by atoms with Gasteiger partial charge in [0, 0.05) is 6.54 Å². The highest BCUT2D eigenvalue weighted by Gasteiger charge is 2.30. The van der Waals surface area contributed by atoms with Crippen molar-refractivity contribution in [2.24, 2.45) is 0 Å². The molecule has 94 valence electrons. The average molecular weight is 255 g/mol. The smallest absolute Gasteiger partial charge is 0.196 e. The molecule has 0 bridgehead atoms. The molecule has 0 saturated carbocycles. The second-order valence-electron chi connectivity index (χ2n) is 4.33. The molecule has 5 heteroatoms. The predicted octanol–water partition coefficient (Wildman–Crippen LogP) is 1.02. The molecule has 1 aliphatic heterocycles. The van der Waals surface area contributed by atoms with Gasteiger partial charge in [-0.3, -0.25) is 5.32 Å². The minimum Gasteiger partial charge on any atom is -0.377 e. The maximum absolute atomic E-state index is 12.4. The maximum Gasteiger partial charge on any atom is 0.196 e. The van der Waals surface area contributed by atoms with E-state index in [9.17, 15) is 8.42 Å². The molecule has 1 saturated heterocycles. The van der Waals surface area contributed by atoms with Crippen molar-refractivity contribution in [3.05, 3.63) is 29.3 Å². The van der Waals surface area contributed by atoms with E-state index >= 15 is 0 Å². The molecule has 2 rings (SSSR count). The number of hydrogen-bond acceptors (Lipinski definition) is 4. The van der Waals surface area contributed by atoms with Gasteiger partial charge in [0.1, 0.15) is 5.37 Å². The third kappa shape index (κ3) is 2.51. The molecule has 1 heterocycles. The van der Waals surface area contributed by atoms with Crippen LogP contribution in [0.5, 0.6) is 0 Å². The Kier molecular flexibility index (Phi) is 3.51. The third-order valence-corrected chi connectivity index (χ3v) is 5.02. The fourth-order valence-electron chi connectivity index (χ4n) is 1.91. The van der Waals surface area contributed by atoms with Crippen LogP contribution in [-0.2, 0) is 14.6 Å². The average Bonchev–Trinajstić information content (AvgIpc) is 2.33. The molecule has 4 nitrogen and oxygen atoms in total. The highest BCUT2D eigenvalue weighted by atomic mass is 32.2. The Hall–Kier alpha value is -0.910. The molecule has 0 spiro atoms. The first-order valence-electron chi connectivity index (χ1n) is 5.64. The molecule has 0 radical (unpaired) electrons. The van der Waals surface area contributed by atoms with Crippen LogP contribution in [0.15, 0.2) is 23.1 Å². The van der Waals surface area contributed by atoms with Gasteiger partial charge >= 0.3 is 0 Å². The molecular weight excluding hydrogens is 238 g/mol. The van der Waals surface area contributed by atoms with Gasteiger partial charge in [0.15, 0.2) is 9.84 Å². The van der Waals surface area contributed by atoms with Crippen LogP contribution in [0.25, 0.3) is 0 Å². The van der Waals surface area contributed by atoms with E-state index in [4.69, 9.17) is 4.74 Å². The third-order valence-electron chi connectivity index (χ3n) is 2.91. The molecule has 1 atom stereocenters. The summed E-state index contributed by atoms with van der Waals surface area (Å²) in [5, 5.41) is 2.36. The Bertz CT molecular complexity index is 504. The Morgan fingerprint density at radius 2 is 2.12 bits per heavy atom. The lowest BCUT2D eigenvalue weighted by Gasteiger charge is -2.24. The van der Waals surface area contributed by atoms with Gasteiger partial charge in [-0.1, -0.05) is 12.1 Å². The monoisotopic (exact) mass is 255 g/mol. The van der Waals surface area contributed by atoms with Crippen molar-refractivity contribution in [1.29, 1.82) is 0 Å². The van der Waals surface area contributed by atoms with E-state index < -0.39 is 15.2 Å². The summed E-state index contributed by atoms with van der Waals surface area (Å²) in [6.07, 6.45) is 0. The molecule has 1 N–H and O–H groups in total. The van der Waals surface area contributed by atoms with Crippen LogP contribution in [0.3, 0.4) is 0 Å². The summed E-state index contributed by atoms with van der Waals surface area (Å²) in [5.41, 5.74) is 1.73. The Balaban J connectivity index is 2.40. The van der Waals surface area contributed by atoms with Crippen molar-refractivity contribution >= 4 is 9.84 Å². The van der Waals surface area contributed by atoms with Crippen LogP contribution >= 0.6 is 0 Å². The minimum atomic E-state index is -3.35. The SMILES string of the molecule is Cc1ccc(C)c(S(=O)(=O)C2COCCN2)c1. The van der Waals surface area contributed by atoms with Gasteiger partial charge < -0.3 is 4.74 Å². The number of nitrogens with one attached hydrogen (secondary N) is 1. The van der Waals surface area contributed by atoms with Crippen LogP contribution < -0.4 is 5.32 Å². The second kappa shape index (κ2) is 4.76. The first-order valence-corrected chi connectivity index (χ1v) is 7.19. The Morgan fingerprint density at radius 3 is 2.76 bits per heavy atom. The quantitative estimate of drug-likeness (QED) is 0.857. The predicted molar refractivity (Wildman–Crippen MR) is 65.7 cm³/mol. The fourth-order valence-corrected chi connectivity index (χ4v) is 3.69. The first kappa shape index (κ1) is 12.5. The summed E-state index contributed by atoms with van der Waals surface area (Å²) in [6, 6.07) is 5.48. The van der Waals surface area contributed by atoms with Crippen LogP contribution in [0, 0.1) is 13.8 Å². The molecule has 1 aromatic carbocycles. The van der Waals surface area contributed by atoms with Crippen molar-refractivity contribution in [2.75, 3.05) is 19.8 Å². The highest BCUT2D eigenvalue weighted by Crippen LogP contribution is 2.21. The van der Waals surface area contributed by atoms with Crippen LogP contribution in [0.4, 0.5) is 0 Å². The summed E-state index contributed by atoms with van der Waals surface area (Å²) >= 11 is 0. The van der Waals surface area contributed by atoms with E-state index in [1.807, 2.05) is 26.0 Å². The number of sulfone groups is 1. The molecular formula is C12H17NO3S. The molecule has 1 unspecified atom stereocenters. The lowest BCUT2D eigenvalue weighted by molar-refractivity contribution is 0.0978. The van der Waals surface area contributed by atoms with Crippen LogP contribution in [-0.4, -0.2) is 33.6 Å². The number of ether oxygens (including phenoxy) is 1. The maximum atomic E-state index is 12.4. The van der Waals surface area contributed by atoms with Gasteiger partial charge in [-0.2, -0.15) is 0 Å². The first-order chi connectivity index (χ1) is 8.01. The number of benzene rings is 1. The lowest BCUT2D eigenvalue weighted by atomic mass is 10.2. The molecule has 0 aliphatic carbocycles. The van der Waals surface area contributed by atoms with Gasteiger partial charge in [0.25, 0.3) is 0 Å². The number of morpholine rings is 1. The van der Waals surface area contributed by atoms with E-state index in [1.165, 1.54) is 0 Å². The topological polar surface area (TPSA) is 55.4 Å². The van der Waals surface area contributed by atoms with E-state index in [1.54, 1.807) is 6.07 Å². The van der Waals surface area contributed by atoms with Gasteiger partial charge in [0.05, 0.1) is 18.1 Å². The summed E-state index contributed by atoms with van der Waals surface area (Å²) in [6.45, 7) is 5.07. The van der Waals surface area contributed by atoms with Gasteiger partial charge in [-0.25, -0.2) is 8.42 Å². The molecule has 0 aromatic heterocycles. The molecule has 0 amide bonds. The summed E-state index contributed by atoms with van der Waals surface area (Å²) < 4.78 is 30.1.